The smallest absolute Gasteiger partial charge is 0.00104 e. The molecular formula is C19H37N. The highest BCUT2D eigenvalue weighted by atomic mass is 14.9. The zero-order valence-electron chi connectivity index (χ0n) is 14.4. The molecule has 2 rings (SSSR count). The second-order valence-electron chi connectivity index (χ2n) is 8.65. The van der Waals surface area contributed by atoms with Crippen LogP contribution in [0.1, 0.15) is 85.5 Å². The second-order valence-corrected chi connectivity index (χ2v) is 8.65. The van der Waals surface area contributed by atoms with E-state index in [1.807, 2.05) is 0 Å². The van der Waals surface area contributed by atoms with Crippen molar-refractivity contribution < 1.29 is 0 Å². The topological polar surface area (TPSA) is 12.0 Å². The number of rotatable bonds is 4. The fourth-order valence-electron chi connectivity index (χ4n) is 4.63. The van der Waals surface area contributed by atoms with E-state index < -0.39 is 0 Å². The highest BCUT2D eigenvalue weighted by Gasteiger charge is 2.38. The Labute approximate surface area is 127 Å². The van der Waals surface area contributed by atoms with Crippen LogP contribution in [-0.2, 0) is 0 Å². The Morgan fingerprint density at radius 1 is 1.00 bits per heavy atom. The predicted molar refractivity (Wildman–Crippen MR) is 88.9 cm³/mol. The van der Waals surface area contributed by atoms with Crippen LogP contribution in [0.2, 0.25) is 0 Å². The largest absolute Gasteiger partial charge is 0.314 e. The van der Waals surface area contributed by atoms with Crippen LogP contribution in [0.4, 0.5) is 0 Å². The van der Waals surface area contributed by atoms with Gasteiger partial charge in [-0.05, 0) is 49.0 Å². The first-order valence-corrected chi connectivity index (χ1v) is 9.21. The molecule has 2 aliphatic carbocycles. The first-order valence-electron chi connectivity index (χ1n) is 9.21. The lowest BCUT2D eigenvalue weighted by Gasteiger charge is -2.45. The summed E-state index contributed by atoms with van der Waals surface area (Å²) >= 11 is 0. The average Bonchev–Trinajstić information content (AvgIpc) is 2.65. The zero-order valence-corrected chi connectivity index (χ0v) is 14.4. The van der Waals surface area contributed by atoms with Crippen LogP contribution >= 0.6 is 0 Å². The third-order valence-corrected chi connectivity index (χ3v) is 5.88. The number of nitrogens with one attached hydrogen (secondary N) is 1. The van der Waals surface area contributed by atoms with E-state index in [2.05, 4.69) is 33.0 Å². The van der Waals surface area contributed by atoms with Crippen LogP contribution in [0.15, 0.2) is 0 Å². The Morgan fingerprint density at radius 3 is 2.25 bits per heavy atom. The molecule has 2 fully saturated rings. The van der Waals surface area contributed by atoms with Crippen molar-refractivity contribution in [2.45, 2.75) is 91.5 Å². The Bertz CT molecular complexity index is 271. The molecule has 1 N–H and O–H groups in total. The van der Waals surface area contributed by atoms with Gasteiger partial charge in [0, 0.05) is 6.04 Å². The molecule has 2 saturated carbocycles. The number of hydrogen-bond donors (Lipinski definition) is 1. The zero-order chi connectivity index (χ0) is 14.6. The molecule has 0 radical (unpaired) electrons. The molecule has 0 saturated heterocycles. The fraction of sp³-hybridized carbons (Fsp3) is 1.00. The molecule has 2 atom stereocenters. The van der Waals surface area contributed by atoms with Gasteiger partial charge in [-0.3, -0.25) is 0 Å². The summed E-state index contributed by atoms with van der Waals surface area (Å²) in [4.78, 5) is 0. The molecule has 20 heavy (non-hydrogen) atoms. The number of hydrogen-bond acceptors (Lipinski definition) is 1. The Hall–Kier alpha value is -0.0400. The molecule has 0 aromatic heterocycles. The molecule has 1 nitrogen and oxygen atoms in total. The van der Waals surface area contributed by atoms with Gasteiger partial charge in [-0.1, -0.05) is 66.2 Å². The van der Waals surface area contributed by atoms with Gasteiger partial charge in [-0.15, -0.1) is 0 Å². The predicted octanol–water partition coefficient (Wildman–Crippen LogP) is 5.40. The van der Waals surface area contributed by atoms with E-state index in [9.17, 15) is 0 Å². The summed E-state index contributed by atoms with van der Waals surface area (Å²) < 4.78 is 0. The molecule has 2 unspecified atom stereocenters. The summed E-state index contributed by atoms with van der Waals surface area (Å²) in [6.07, 6.45) is 13.3. The lowest BCUT2D eigenvalue weighted by Crippen LogP contribution is -2.40. The Balaban J connectivity index is 2.00. The molecule has 0 amide bonds. The van der Waals surface area contributed by atoms with Crippen molar-refractivity contribution >= 4 is 0 Å². The molecule has 0 aromatic rings. The van der Waals surface area contributed by atoms with Crippen LogP contribution in [0.25, 0.3) is 0 Å². The molecule has 0 spiro atoms. The lowest BCUT2D eigenvalue weighted by molar-refractivity contribution is 0.0656. The van der Waals surface area contributed by atoms with E-state index in [1.54, 1.807) is 0 Å². The minimum absolute atomic E-state index is 0.589. The summed E-state index contributed by atoms with van der Waals surface area (Å²) in [6, 6.07) is 0.639. The molecule has 0 heterocycles. The summed E-state index contributed by atoms with van der Waals surface area (Å²) in [5, 5.41) is 3.73. The van der Waals surface area contributed by atoms with Crippen molar-refractivity contribution in [3.63, 3.8) is 0 Å². The van der Waals surface area contributed by atoms with Crippen LogP contribution in [-0.4, -0.2) is 12.6 Å². The monoisotopic (exact) mass is 279 g/mol. The molecule has 0 aliphatic heterocycles. The second kappa shape index (κ2) is 7.29. The third kappa shape index (κ3) is 4.76. The first-order chi connectivity index (χ1) is 9.48. The highest BCUT2D eigenvalue weighted by molar-refractivity contribution is 4.90. The summed E-state index contributed by atoms with van der Waals surface area (Å²) in [7, 11) is 0. The van der Waals surface area contributed by atoms with Gasteiger partial charge in [0.05, 0.1) is 0 Å². The van der Waals surface area contributed by atoms with E-state index in [-0.39, 0.29) is 0 Å². The van der Waals surface area contributed by atoms with Crippen molar-refractivity contribution in [2.75, 3.05) is 6.54 Å². The van der Waals surface area contributed by atoms with Crippen molar-refractivity contribution in [1.29, 1.82) is 0 Å². The van der Waals surface area contributed by atoms with Crippen molar-refractivity contribution in [3.05, 3.63) is 0 Å². The van der Waals surface area contributed by atoms with E-state index in [0.717, 1.165) is 17.8 Å². The first kappa shape index (κ1) is 16.3. The van der Waals surface area contributed by atoms with E-state index in [4.69, 9.17) is 0 Å². The van der Waals surface area contributed by atoms with Crippen LogP contribution in [0.5, 0.6) is 0 Å². The molecule has 1 heteroatoms. The summed E-state index contributed by atoms with van der Waals surface area (Å²) in [5.74, 6) is 2.95. The third-order valence-electron chi connectivity index (χ3n) is 5.88. The highest BCUT2D eigenvalue weighted by Crippen LogP contribution is 2.47. The quantitative estimate of drug-likeness (QED) is 0.680. The van der Waals surface area contributed by atoms with Gasteiger partial charge < -0.3 is 5.32 Å². The molecule has 0 aromatic carbocycles. The normalized spacial score (nSPS) is 32.2. The van der Waals surface area contributed by atoms with Gasteiger partial charge in [-0.2, -0.15) is 0 Å². The molecular weight excluding hydrogens is 242 g/mol. The average molecular weight is 280 g/mol. The van der Waals surface area contributed by atoms with Crippen molar-refractivity contribution in [2.24, 2.45) is 23.2 Å². The molecule has 2 aliphatic rings. The standard InChI is InChI=1S/C19H37N/c1-15(2)20-14-17-11-12-19(3,4)13-18(17)16-9-7-5-6-8-10-16/h15-18,20H,5-14H2,1-4H3. The van der Waals surface area contributed by atoms with Gasteiger partial charge in [0.15, 0.2) is 0 Å². The maximum absolute atomic E-state index is 3.73. The van der Waals surface area contributed by atoms with Crippen LogP contribution in [0.3, 0.4) is 0 Å². The summed E-state index contributed by atoms with van der Waals surface area (Å²) in [5.41, 5.74) is 0.589. The lowest BCUT2D eigenvalue weighted by atomic mass is 9.62. The SMILES string of the molecule is CC(C)NCC1CCC(C)(C)CC1C1CCCCCC1. The maximum atomic E-state index is 3.73. The fourth-order valence-corrected chi connectivity index (χ4v) is 4.63. The Morgan fingerprint density at radius 2 is 1.65 bits per heavy atom. The van der Waals surface area contributed by atoms with E-state index in [0.29, 0.717) is 11.5 Å². The van der Waals surface area contributed by atoms with Gasteiger partial charge >= 0.3 is 0 Å². The van der Waals surface area contributed by atoms with E-state index in [1.165, 1.54) is 64.3 Å². The molecule has 118 valence electrons. The van der Waals surface area contributed by atoms with E-state index >= 15 is 0 Å². The van der Waals surface area contributed by atoms with Gasteiger partial charge in [0.2, 0.25) is 0 Å². The maximum Gasteiger partial charge on any atom is 0.00104 e. The minimum Gasteiger partial charge on any atom is -0.314 e. The van der Waals surface area contributed by atoms with Crippen LogP contribution < -0.4 is 5.32 Å². The molecule has 0 bridgehead atoms. The summed E-state index contributed by atoms with van der Waals surface area (Å²) in [6.45, 7) is 10.8. The van der Waals surface area contributed by atoms with Crippen LogP contribution in [0, 0.1) is 23.2 Å². The van der Waals surface area contributed by atoms with Gasteiger partial charge in [0.1, 0.15) is 0 Å². The van der Waals surface area contributed by atoms with Crippen molar-refractivity contribution in [1.82, 2.24) is 5.32 Å². The van der Waals surface area contributed by atoms with Gasteiger partial charge in [0.25, 0.3) is 0 Å². The minimum atomic E-state index is 0.589. The van der Waals surface area contributed by atoms with Gasteiger partial charge in [-0.25, -0.2) is 0 Å². The van der Waals surface area contributed by atoms with Crippen molar-refractivity contribution in [3.8, 4) is 0 Å². The Kier molecular flexibility index (Phi) is 5.95.